The molecule has 154 valence electrons. The van der Waals surface area contributed by atoms with Gasteiger partial charge in [-0.2, -0.15) is 0 Å². The van der Waals surface area contributed by atoms with Gasteiger partial charge in [0.1, 0.15) is 0 Å². The van der Waals surface area contributed by atoms with Crippen molar-refractivity contribution in [2.24, 2.45) is 23.7 Å². The molecule has 1 aliphatic heterocycles. The molecular formula is C22H26N2O5. The molecule has 3 aliphatic rings. The minimum atomic E-state index is -0.596. The van der Waals surface area contributed by atoms with Crippen molar-refractivity contribution in [3.8, 4) is 0 Å². The summed E-state index contributed by atoms with van der Waals surface area (Å²) in [6.07, 6.45) is 2.94. The van der Waals surface area contributed by atoms with E-state index in [-0.39, 0.29) is 36.6 Å². The van der Waals surface area contributed by atoms with Gasteiger partial charge in [-0.15, -0.1) is 0 Å². The highest BCUT2D eigenvalue weighted by Crippen LogP contribution is 2.56. The first kappa shape index (κ1) is 19.6. The quantitative estimate of drug-likeness (QED) is 0.586. The van der Waals surface area contributed by atoms with Crippen LogP contribution in [0.4, 0.5) is 5.69 Å². The molecule has 4 atom stereocenters. The first-order valence-corrected chi connectivity index (χ1v) is 10.2. The van der Waals surface area contributed by atoms with Crippen LogP contribution in [-0.2, 0) is 23.9 Å². The largest absolute Gasteiger partial charge is 0.456 e. The number of rotatable bonds is 6. The van der Waals surface area contributed by atoms with Gasteiger partial charge in [-0.05, 0) is 68.2 Å². The second-order valence-corrected chi connectivity index (χ2v) is 8.55. The normalized spacial score (nSPS) is 27.3. The molecule has 1 saturated heterocycles. The maximum absolute atomic E-state index is 12.6. The van der Waals surface area contributed by atoms with Gasteiger partial charge in [0, 0.05) is 12.2 Å². The first-order chi connectivity index (χ1) is 13.8. The first-order valence-electron chi connectivity index (χ1n) is 10.2. The highest BCUT2D eigenvalue weighted by molar-refractivity contribution is 6.06. The Morgan fingerprint density at radius 3 is 2.21 bits per heavy atom. The molecule has 1 heterocycles. The van der Waals surface area contributed by atoms with Crippen LogP contribution >= 0.6 is 0 Å². The summed E-state index contributed by atoms with van der Waals surface area (Å²) in [6, 6.07) is 5.67. The minimum absolute atomic E-state index is 0.0294. The maximum Gasteiger partial charge on any atom is 0.308 e. The molecule has 0 radical (unpaired) electrons. The van der Waals surface area contributed by atoms with Gasteiger partial charge < -0.3 is 10.1 Å². The molecule has 0 unspecified atom stereocenters. The number of carbonyl (C=O) groups excluding carboxylic acids is 4. The zero-order chi connectivity index (χ0) is 20.7. The van der Waals surface area contributed by atoms with E-state index in [0.717, 1.165) is 30.4 Å². The number of ether oxygens (including phenoxy) is 1. The van der Waals surface area contributed by atoms with Gasteiger partial charge in [-0.25, -0.2) is 0 Å². The van der Waals surface area contributed by atoms with Crippen LogP contribution in [-0.4, -0.2) is 41.7 Å². The Balaban J connectivity index is 1.24. The monoisotopic (exact) mass is 398 g/mol. The van der Waals surface area contributed by atoms with E-state index >= 15 is 0 Å². The van der Waals surface area contributed by atoms with Crippen molar-refractivity contribution < 1.29 is 23.9 Å². The second kappa shape index (κ2) is 7.61. The van der Waals surface area contributed by atoms with Crippen LogP contribution in [0.5, 0.6) is 0 Å². The van der Waals surface area contributed by atoms with Crippen LogP contribution in [0.3, 0.4) is 0 Å². The van der Waals surface area contributed by atoms with E-state index < -0.39 is 18.5 Å². The predicted octanol–water partition coefficient (Wildman–Crippen LogP) is 2.21. The van der Waals surface area contributed by atoms with E-state index in [1.54, 1.807) is 0 Å². The fourth-order valence-electron chi connectivity index (χ4n) is 5.36. The Morgan fingerprint density at radius 1 is 1.03 bits per heavy atom. The summed E-state index contributed by atoms with van der Waals surface area (Å²) in [5.74, 6) is -0.995. The third-order valence-corrected chi connectivity index (χ3v) is 6.43. The van der Waals surface area contributed by atoms with Gasteiger partial charge in [0.2, 0.25) is 11.8 Å². The summed E-state index contributed by atoms with van der Waals surface area (Å²) in [7, 11) is 0. The molecule has 29 heavy (non-hydrogen) atoms. The summed E-state index contributed by atoms with van der Waals surface area (Å²) in [4.78, 5) is 50.5. The number of imide groups is 1. The summed E-state index contributed by atoms with van der Waals surface area (Å²) in [5.41, 5.74) is 2.70. The zero-order valence-corrected chi connectivity index (χ0v) is 16.8. The molecule has 1 aromatic carbocycles. The molecule has 1 aromatic rings. The molecule has 3 fully saturated rings. The number of aryl methyl sites for hydroxylation is 2. The molecule has 1 N–H and O–H groups in total. The number of hydrogen-bond acceptors (Lipinski definition) is 5. The fourth-order valence-corrected chi connectivity index (χ4v) is 5.36. The summed E-state index contributed by atoms with van der Waals surface area (Å²) < 4.78 is 5.02. The lowest BCUT2D eigenvalue weighted by Gasteiger charge is -2.19. The van der Waals surface area contributed by atoms with Crippen molar-refractivity contribution in [3.63, 3.8) is 0 Å². The number of hydrogen-bond donors (Lipinski definition) is 1. The number of likely N-dealkylation sites (tertiary alicyclic amines) is 1. The Kier molecular flexibility index (Phi) is 5.15. The van der Waals surface area contributed by atoms with Crippen LogP contribution in [0, 0.1) is 37.5 Å². The van der Waals surface area contributed by atoms with Crippen molar-refractivity contribution in [3.05, 3.63) is 29.3 Å². The van der Waals surface area contributed by atoms with E-state index in [1.807, 2.05) is 32.0 Å². The van der Waals surface area contributed by atoms with Crippen molar-refractivity contribution in [2.45, 2.75) is 39.5 Å². The molecule has 2 bridgehead atoms. The lowest BCUT2D eigenvalue weighted by atomic mass is 9.81. The number of amides is 3. The van der Waals surface area contributed by atoms with E-state index in [4.69, 9.17) is 4.74 Å². The van der Waals surface area contributed by atoms with E-state index in [9.17, 15) is 19.2 Å². The number of nitrogens with zero attached hydrogens (tertiary/aromatic N) is 1. The van der Waals surface area contributed by atoms with E-state index in [2.05, 4.69) is 5.32 Å². The Bertz CT molecular complexity index is 832. The van der Waals surface area contributed by atoms with Gasteiger partial charge in [0.05, 0.1) is 18.3 Å². The molecule has 4 rings (SSSR count). The van der Waals surface area contributed by atoms with Crippen LogP contribution < -0.4 is 5.32 Å². The molecule has 7 nitrogen and oxygen atoms in total. The zero-order valence-electron chi connectivity index (χ0n) is 16.8. The highest BCUT2D eigenvalue weighted by Gasteiger charge is 2.60. The summed E-state index contributed by atoms with van der Waals surface area (Å²) in [6.45, 7) is 3.50. The Morgan fingerprint density at radius 2 is 1.62 bits per heavy atom. The molecule has 3 amide bonds. The van der Waals surface area contributed by atoms with Crippen LogP contribution in [0.25, 0.3) is 0 Å². The van der Waals surface area contributed by atoms with Gasteiger partial charge in [-0.1, -0.05) is 6.07 Å². The van der Waals surface area contributed by atoms with Gasteiger partial charge in [0.25, 0.3) is 5.91 Å². The van der Waals surface area contributed by atoms with Crippen molar-refractivity contribution >= 4 is 29.4 Å². The number of benzene rings is 1. The average molecular weight is 398 g/mol. The third kappa shape index (κ3) is 3.78. The van der Waals surface area contributed by atoms with E-state index in [1.165, 1.54) is 4.90 Å². The summed E-state index contributed by atoms with van der Waals surface area (Å²) >= 11 is 0. The van der Waals surface area contributed by atoms with Crippen molar-refractivity contribution in [1.29, 1.82) is 0 Å². The van der Waals surface area contributed by atoms with Crippen molar-refractivity contribution in [2.75, 3.05) is 18.5 Å². The Hall–Kier alpha value is -2.70. The minimum Gasteiger partial charge on any atom is -0.456 e. The number of fused-ring (bicyclic) bond motifs is 5. The topological polar surface area (TPSA) is 92.8 Å². The molecule has 0 aromatic heterocycles. The lowest BCUT2D eigenvalue weighted by Crippen LogP contribution is -2.35. The number of anilines is 1. The van der Waals surface area contributed by atoms with Crippen LogP contribution in [0.1, 0.15) is 36.8 Å². The third-order valence-electron chi connectivity index (χ3n) is 6.43. The van der Waals surface area contributed by atoms with Crippen LogP contribution in [0.15, 0.2) is 18.2 Å². The smallest absolute Gasteiger partial charge is 0.308 e. The standard InChI is InChI=1S/C22H26N2O5/c1-12-7-13(2)9-16(8-12)23-17(25)11-29-18(26)5-6-24-21(27)19-14-3-4-15(10-14)20(19)22(24)28/h7-9,14-15,19-20H,3-6,10-11H2,1-2H3,(H,23,25)/t14-,15+,19-,20+. The Labute approximate surface area is 169 Å². The predicted molar refractivity (Wildman–Crippen MR) is 105 cm³/mol. The van der Waals surface area contributed by atoms with Gasteiger partial charge >= 0.3 is 5.97 Å². The lowest BCUT2D eigenvalue weighted by molar-refractivity contribution is -0.149. The molecule has 2 aliphatic carbocycles. The SMILES string of the molecule is Cc1cc(C)cc(NC(=O)COC(=O)CCN2C(=O)[C@@H]3[C@@H]4CC[C@@H](C4)[C@@H]3C2=O)c1. The van der Waals surface area contributed by atoms with Crippen molar-refractivity contribution in [1.82, 2.24) is 4.90 Å². The molecule has 0 spiro atoms. The second-order valence-electron chi connectivity index (χ2n) is 8.55. The van der Waals surface area contributed by atoms with Gasteiger partial charge in [-0.3, -0.25) is 24.1 Å². The summed E-state index contributed by atoms with van der Waals surface area (Å²) in [5, 5.41) is 2.70. The number of nitrogens with one attached hydrogen (secondary N) is 1. The highest BCUT2D eigenvalue weighted by atomic mass is 16.5. The molecule has 7 heteroatoms. The number of esters is 1. The number of carbonyl (C=O) groups is 4. The fraction of sp³-hybridized carbons (Fsp3) is 0.545. The maximum atomic E-state index is 12.6. The van der Waals surface area contributed by atoms with E-state index in [0.29, 0.717) is 17.5 Å². The van der Waals surface area contributed by atoms with Gasteiger partial charge in [0.15, 0.2) is 6.61 Å². The molecular weight excluding hydrogens is 372 g/mol. The average Bonchev–Trinajstić information content (AvgIpc) is 3.32. The molecule has 2 saturated carbocycles. The van der Waals surface area contributed by atoms with Crippen LogP contribution in [0.2, 0.25) is 0 Å².